The second kappa shape index (κ2) is 6.08. The molecule has 3 nitrogen and oxygen atoms in total. The van der Waals surface area contributed by atoms with E-state index < -0.39 is 5.97 Å². The number of aryl methyl sites for hydroxylation is 1. The lowest BCUT2D eigenvalue weighted by Gasteiger charge is -2.03. The Morgan fingerprint density at radius 1 is 1.50 bits per heavy atom. The first-order chi connectivity index (χ1) is 7.59. The van der Waals surface area contributed by atoms with Gasteiger partial charge in [-0.3, -0.25) is 0 Å². The van der Waals surface area contributed by atoms with Crippen molar-refractivity contribution in [2.24, 2.45) is 0 Å². The molecular formula is C13H17NO2. The largest absolute Gasteiger partial charge is 0.478 e. The molecule has 0 aromatic heterocycles. The van der Waals surface area contributed by atoms with Gasteiger partial charge in [0.15, 0.2) is 0 Å². The molecular weight excluding hydrogens is 202 g/mol. The third-order valence-corrected chi connectivity index (χ3v) is 2.30. The van der Waals surface area contributed by atoms with Crippen molar-refractivity contribution in [3.8, 4) is 0 Å². The monoisotopic (exact) mass is 219 g/mol. The summed E-state index contributed by atoms with van der Waals surface area (Å²) in [7, 11) is 0. The Labute approximate surface area is 95.8 Å². The SMILES string of the molecule is C/C(=C/CNCc1cccc(C)c1)C(=O)O. The summed E-state index contributed by atoms with van der Waals surface area (Å²) >= 11 is 0. The summed E-state index contributed by atoms with van der Waals surface area (Å²) < 4.78 is 0. The topological polar surface area (TPSA) is 49.3 Å². The lowest BCUT2D eigenvalue weighted by atomic mass is 10.1. The first kappa shape index (κ1) is 12.5. The van der Waals surface area contributed by atoms with Gasteiger partial charge in [0.2, 0.25) is 0 Å². The minimum absolute atomic E-state index is 0.372. The summed E-state index contributed by atoms with van der Waals surface area (Å²) in [5.74, 6) is -0.864. The van der Waals surface area contributed by atoms with Gasteiger partial charge in [0, 0.05) is 18.7 Å². The zero-order chi connectivity index (χ0) is 12.0. The van der Waals surface area contributed by atoms with Crippen LogP contribution in [-0.4, -0.2) is 17.6 Å². The van der Waals surface area contributed by atoms with E-state index in [1.165, 1.54) is 11.1 Å². The van der Waals surface area contributed by atoms with E-state index in [2.05, 4.69) is 24.4 Å². The van der Waals surface area contributed by atoms with Gasteiger partial charge in [-0.2, -0.15) is 0 Å². The molecule has 3 heteroatoms. The highest BCUT2D eigenvalue weighted by molar-refractivity contribution is 5.85. The molecule has 0 aliphatic rings. The maximum absolute atomic E-state index is 10.5. The number of hydrogen-bond acceptors (Lipinski definition) is 2. The highest BCUT2D eigenvalue weighted by atomic mass is 16.4. The number of aliphatic carboxylic acids is 1. The standard InChI is InChI=1S/C13H17NO2/c1-10-4-3-5-12(8-10)9-14-7-6-11(2)13(15)16/h3-6,8,14H,7,9H2,1-2H3,(H,15,16)/b11-6-. The highest BCUT2D eigenvalue weighted by Gasteiger charge is 1.97. The Morgan fingerprint density at radius 2 is 2.25 bits per heavy atom. The maximum Gasteiger partial charge on any atom is 0.330 e. The van der Waals surface area contributed by atoms with Crippen LogP contribution in [0.4, 0.5) is 0 Å². The number of nitrogens with one attached hydrogen (secondary N) is 1. The molecule has 1 rings (SSSR count). The zero-order valence-corrected chi connectivity index (χ0v) is 9.66. The lowest BCUT2D eigenvalue weighted by molar-refractivity contribution is -0.132. The van der Waals surface area contributed by atoms with E-state index in [9.17, 15) is 4.79 Å². The Kier molecular flexibility index (Phi) is 4.73. The van der Waals surface area contributed by atoms with E-state index in [0.717, 1.165) is 6.54 Å². The summed E-state index contributed by atoms with van der Waals surface area (Å²) in [5, 5.41) is 11.8. The molecule has 0 aliphatic heterocycles. The molecule has 0 spiro atoms. The Bertz CT molecular complexity index is 397. The summed E-state index contributed by atoms with van der Waals surface area (Å²) in [4.78, 5) is 10.5. The minimum Gasteiger partial charge on any atom is -0.478 e. The molecule has 0 saturated carbocycles. The average Bonchev–Trinajstić information content (AvgIpc) is 2.24. The summed E-state index contributed by atoms with van der Waals surface area (Å²) in [5.41, 5.74) is 2.81. The first-order valence-corrected chi connectivity index (χ1v) is 5.26. The van der Waals surface area contributed by atoms with Crippen molar-refractivity contribution in [1.82, 2.24) is 5.32 Å². The summed E-state index contributed by atoms with van der Waals surface area (Å²) in [6.07, 6.45) is 1.68. The smallest absolute Gasteiger partial charge is 0.330 e. The van der Waals surface area contributed by atoms with E-state index in [1.807, 2.05) is 12.1 Å². The molecule has 0 aliphatic carbocycles. The third kappa shape index (κ3) is 4.28. The van der Waals surface area contributed by atoms with E-state index in [-0.39, 0.29) is 0 Å². The van der Waals surface area contributed by atoms with Crippen molar-refractivity contribution in [2.45, 2.75) is 20.4 Å². The van der Waals surface area contributed by atoms with Crippen molar-refractivity contribution in [3.05, 3.63) is 47.0 Å². The molecule has 0 radical (unpaired) electrons. The van der Waals surface area contributed by atoms with Gasteiger partial charge in [-0.05, 0) is 19.4 Å². The zero-order valence-electron chi connectivity index (χ0n) is 9.66. The van der Waals surface area contributed by atoms with Gasteiger partial charge < -0.3 is 10.4 Å². The van der Waals surface area contributed by atoms with Crippen LogP contribution in [0.25, 0.3) is 0 Å². The fraction of sp³-hybridized carbons (Fsp3) is 0.308. The van der Waals surface area contributed by atoms with Crippen molar-refractivity contribution < 1.29 is 9.90 Å². The highest BCUT2D eigenvalue weighted by Crippen LogP contribution is 2.03. The first-order valence-electron chi connectivity index (χ1n) is 5.26. The van der Waals surface area contributed by atoms with Crippen molar-refractivity contribution in [3.63, 3.8) is 0 Å². The second-order valence-corrected chi connectivity index (χ2v) is 3.81. The maximum atomic E-state index is 10.5. The fourth-order valence-corrected chi connectivity index (χ4v) is 1.35. The van der Waals surface area contributed by atoms with Gasteiger partial charge >= 0.3 is 5.97 Å². The van der Waals surface area contributed by atoms with Gasteiger partial charge in [0.05, 0.1) is 0 Å². The van der Waals surface area contributed by atoms with Crippen molar-refractivity contribution in [1.29, 1.82) is 0 Å². The van der Waals surface area contributed by atoms with Crippen LogP contribution in [-0.2, 0) is 11.3 Å². The number of carboxylic acid groups (broad SMARTS) is 1. The quantitative estimate of drug-likeness (QED) is 0.589. The molecule has 0 fully saturated rings. The summed E-state index contributed by atoms with van der Waals surface area (Å²) in [6, 6.07) is 8.23. The molecule has 0 atom stereocenters. The molecule has 0 saturated heterocycles. The molecule has 2 N–H and O–H groups in total. The lowest BCUT2D eigenvalue weighted by Crippen LogP contribution is -2.14. The van der Waals surface area contributed by atoms with Gasteiger partial charge in [0.1, 0.15) is 0 Å². The Hall–Kier alpha value is -1.61. The normalized spacial score (nSPS) is 11.5. The predicted molar refractivity (Wildman–Crippen MR) is 64.3 cm³/mol. The average molecular weight is 219 g/mol. The predicted octanol–water partition coefficient (Wildman–Crippen LogP) is 2.12. The molecule has 86 valence electrons. The third-order valence-electron chi connectivity index (χ3n) is 2.30. The van der Waals surface area contributed by atoms with E-state index >= 15 is 0 Å². The van der Waals surface area contributed by atoms with Crippen LogP contribution in [0.15, 0.2) is 35.9 Å². The van der Waals surface area contributed by atoms with Crippen LogP contribution < -0.4 is 5.32 Å². The number of hydrogen-bond donors (Lipinski definition) is 2. The van der Waals surface area contributed by atoms with Gasteiger partial charge in [0.25, 0.3) is 0 Å². The number of carbonyl (C=O) groups is 1. The van der Waals surface area contributed by atoms with Crippen molar-refractivity contribution in [2.75, 3.05) is 6.54 Å². The number of benzene rings is 1. The van der Waals surface area contributed by atoms with Crippen LogP contribution >= 0.6 is 0 Å². The molecule has 0 heterocycles. The number of carboxylic acids is 1. The molecule has 0 amide bonds. The van der Waals surface area contributed by atoms with Crippen LogP contribution in [0, 0.1) is 6.92 Å². The molecule has 1 aromatic rings. The van der Waals surface area contributed by atoms with E-state index in [4.69, 9.17) is 5.11 Å². The molecule has 16 heavy (non-hydrogen) atoms. The minimum atomic E-state index is -0.864. The fourth-order valence-electron chi connectivity index (χ4n) is 1.35. The van der Waals surface area contributed by atoms with Crippen LogP contribution in [0.3, 0.4) is 0 Å². The van der Waals surface area contributed by atoms with E-state index in [1.54, 1.807) is 13.0 Å². The molecule has 1 aromatic carbocycles. The van der Waals surface area contributed by atoms with E-state index in [0.29, 0.717) is 12.1 Å². The Balaban J connectivity index is 2.36. The summed E-state index contributed by atoms with van der Waals surface area (Å²) in [6.45, 7) is 4.98. The van der Waals surface area contributed by atoms with Gasteiger partial charge in [-0.25, -0.2) is 4.79 Å². The molecule has 0 bridgehead atoms. The van der Waals surface area contributed by atoms with Crippen LogP contribution in [0.5, 0.6) is 0 Å². The van der Waals surface area contributed by atoms with Gasteiger partial charge in [-0.1, -0.05) is 35.9 Å². The molecule has 0 unspecified atom stereocenters. The number of rotatable bonds is 5. The van der Waals surface area contributed by atoms with Crippen molar-refractivity contribution >= 4 is 5.97 Å². The second-order valence-electron chi connectivity index (χ2n) is 3.81. The van der Waals surface area contributed by atoms with Crippen LogP contribution in [0.2, 0.25) is 0 Å². The Morgan fingerprint density at radius 3 is 2.88 bits per heavy atom. The van der Waals surface area contributed by atoms with Gasteiger partial charge in [-0.15, -0.1) is 0 Å². The van der Waals surface area contributed by atoms with Crippen LogP contribution in [0.1, 0.15) is 18.1 Å².